The number of aryl methyl sites for hydroxylation is 1. The van der Waals surface area contributed by atoms with Gasteiger partial charge in [-0.05, 0) is 43.5 Å². The minimum atomic E-state index is -0.304. The number of aromatic nitrogens is 1. The first-order valence-corrected chi connectivity index (χ1v) is 11.3. The molecule has 2 aromatic heterocycles. The highest BCUT2D eigenvalue weighted by Gasteiger charge is 2.34. The van der Waals surface area contributed by atoms with Crippen LogP contribution in [0.3, 0.4) is 0 Å². The van der Waals surface area contributed by atoms with Crippen molar-refractivity contribution in [3.8, 4) is 0 Å². The summed E-state index contributed by atoms with van der Waals surface area (Å²) in [5, 5.41) is 7.65. The van der Waals surface area contributed by atoms with Gasteiger partial charge in [-0.15, -0.1) is 11.3 Å². The van der Waals surface area contributed by atoms with Crippen molar-refractivity contribution >= 4 is 34.2 Å². The molecular formula is C23H24N4O4S. The number of thiazole rings is 1. The summed E-state index contributed by atoms with van der Waals surface area (Å²) in [6.07, 6.45) is 3.46. The van der Waals surface area contributed by atoms with Crippen molar-refractivity contribution < 1.29 is 18.8 Å². The molecule has 3 amide bonds. The van der Waals surface area contributed by atoms with E-state index >= 15 is 0 Å². The van der Waals surface area contributed by atoms with E-state index in [1.54, 1.807) is 34.7 Å². The first-order chi connectivity index (χ1) is 15.5. The molecule has 1 aromatic carbocycles. The molecule has 0 radical (unpaired) electrons. The van der Waals surface area contributed by atoms with Crippen molar-refractivity contribution in [1.29, 1.82) is 0 Å². The van der Waals surface area contributed by atoms with Crippen molar-refractivity contribution in [1.82, 2.24) is 15.2 Å². The lowest BCUT2D eigenvalue weighted by Crippen LogP contribution is -2.39. The average molecular weight is 453 g/mol. The largest absolute Gasteiger partial charge is 0.467 e. The molecular weight excluding hydrogens is 428 g/mol. The molecule has 8 nitrogen and oxygen atoms in total. The number of hydrogen-bond donors (Lipinski definition) is 2. The second-order valence-corrected chi connectivity index (χ2v) is 8.56. The Balaban J connectivity index is 1.30. The van der Waals surface area contributed by atoms with E-state index in [0.717, 1.165) is 18.4 Å². The van der Waals surface area contributed by atoms with Crippen molar-refractivity contribution in [2.45, 2.75) is 38.8 Å². The SMILES string of the molecule is Cc1ccccc1C(=O)N(CC(=O)Nc1nc(CC(=O)NCc2ccco2)cs1)C1CC1. The maximum atomic E-state index is 13.0. The second-order valence-electron chi connectivity index (χ2n) is 7.70. The Hall–Kier alpha value is -3.46. The van der Waals surface area contributed by atoms with Crippen molar-refractivity contribution in [2.75, 3.05) is 11.9 Å². The fraction of sp³-hybridized carbons (Fsp3) is 0.304. The van der Waals surface area contributed by atoms with Crippen LogP contribution in [0.1, 0.15) is 40.2 Å². The zero-order valence-electron chi connectivity index (χ0n) is 17.7. The predicted molar refractivity (Wildman–Crippen MR) is 120 cm³/mol. The Morgan fingerprint density at radius 3 is 2.69 bits per heavy atom. The highest BCUT2D eigenvalue weighted by atomic mass is 32.1. The predicted octanol–water partition coefficient (Wildman–Crippen LogP) is 3.15. The van der Waals surface area contributed by atoms with Gasteiger partial charge in [-0.3, -0.25) is 14.4 Å². The lowest BCUT2D eigenvalue weighted by molar-refractivity contribution is -0.120. The monoisotopic (exact) mass is 452 g/mol. The zero-order chi connectivity index (χ0) is 22.5. The van der Waals surface area contributed by atoms with Crippen LogP contribution in [-0.2, 0) is 22.6 Å². The summed E-state index contributed by atoms with van der Waals surface area (Å²) in [7, 11) is 0. The summed E-state index contributed by atoms with van der Waals surface area (Å²) < 4.78 is 5.18. The minimum Gasteiger partial charge on any atom is -0.467 e. The van der Waals surface area contributed by atoms with Gasteiger partial charge in [-0.25, -0.2) is 4.98 Å². The fourth-order valence-corrected chi connectivity index (χ4v) is 4.03. The molecule has 2 heterocycles. The van der Waals surface area contributed by atoms with Gasteiger partial charge in [0.2, 0.25) is 11.8 Å². The van der Waals surface area contributed by atoms with E-state index < -0.39 is 0 Å². The second kappa shape index (κ2) is 9.78. The number of furan rings is 1. The summed E-state index contributed by atoms with van der Waals surface area (Å²) in [5.74, 6) is 0.0502. The molecule has 0 bridgehead atoms. The Labute approximate surface area is 189 Å². The lowest BCUT2D eigenvalue weighted by Gasteiger charge is -2.22. The first kappa shape index (κ1) is 21.8. The molecule has 0 aliphatic heterocycles. The molecule has 0 unspecified atom stereocenters. The molecule has 9 heteroatoms. The molecule has 1 saturated carbocycles. The van der Waals surface area contributed by atoms with Crippen LogP contribution in [0, 0.1) is 6.92 Å². The minimum absolute atomic E-state index is 0.0314. The highest BCUT2D eigenvalue weighted by Crippen LogP contribution is 2.29. The van der Waals surface area contributed by atoms with E-state index in [-0.39, 0.29) is 36.7 Å². The Morgan fingerprint density at radius 2 is 1.97 bits per heavy atom. The number of rotatable bonds is 9. The maximum absolute atomic E-state index is 13.0. The van der Waals surface area contributed by atoms with E-state index in [1.807, 2.05) is 25.1 Å². The number of amides is 3. The van der Waals surface area contributed by atoms with Crippen LogP contribution < -0.4 is 10.6 Å². The van der Waals surface area contributed by atoms with Crippen molar-refractivity contribution in [2.24, 2.45) is 0 Å². The van der Waals surface area contributed by atoms with E-state index in [4.69, 9.17) is 4.42 Å². The zero-order valence-corrected chi connectivity index (χ0v) is 18.5. The quantitative estimate of drug-likeness (QED) is 0.519. The van der Waals surface area contributed by atoms with Crippen LogP contribution in [0.4, 0.5) is 5.13 Å². The van der Waals surface area contributed by atoms with Crippen LogP contribution >= 0.6 is 11.3 Å². The molecule has 0 spiro atoms. The summed E-state index contributed by atoms with van der Waals surface area (Å²) in [5.41, 5.74) is 2.07. The smallest absolute Gasteiger partial charge is 0.254 e. The number of anilines is 1. The van der Waals surface area contributed by atoms with Gasteiger partial charge >= 0.3 is 0 Å². The highest BCUT2D eigenvalue weighted by molar-refractivity contribution is 7.13. The standard InChI is InChI=1S/C23H24N4O4S/c1-15-5-2-3-7-19(15)22(30)27(17-8-9-17)13-21(29)26-23-25-16(14-32-23)11-20(28)24-12-18-6-4-10-31-18/h2-7,10,14,17H,8-9,11-13H2,1H3,(H,24,28)(H,25,26,29). The number of nitrogens with zero attached hydrogens (tertiary/aromatic N) is 2. The third-order valence-corrected chi connectivity index (χ3v) is 5.92. The van der Waals surface area contributed by atoms with Crippen LogP contribution in [0.5, 0.6) is 0 Å². The molecule has 0 saturated heterocycles. The fourth-order valence-electron chi connectivity index (χ4n) is 3.31. The van der Waals surface area contributed by atoms with Crippen LogP contribution in [0.25, 0.3) is 0 Å². The van der Waals surface area contributed by atoms with Crippen molar-refractivity contribution in [3.05, 3.63) is 70.6 Å². The molecule has 3 aromatic rings. The summed E-state index contributed by atoms with van der Waals surface area (Å²) in [4.78, 5) is 43.6. The van der Waals surface area contributed by atoms with E-state index in [1.165, 1.54) is 11.3 Å². The lowest BCUT2D eigenvalue weighted by atomic mass is 10.1. The molecule has 166 valence electrons. The summed E-state index contributed by atoms with van der Waals surface area (Å²) in [6, 6.07) is 11.0. The Kier molecular flexibility index (Phi) is 6.65. The number of benzene rings is 1. The topological polar surface area (TPSA) is 105 Å². The van der Waals surface area contributed by atoms with Gasteiger partial charge in [0.1, 0.15) is 12.3 Å². The Bertz CT molecular complexity index is 1100. The van der Waals surface area contributed by atoms with Gasteiger partial charge in [0.25, 0.3) is 5.91 Å². The van der Waals surface area contributed by atoms with Crippen LogP contribution in [0.2, 0.25) is 0 Å². The van der Waals surface area contributed by atoms with Crippen molar-refractivity contribution in [3.63, 3.8) is 0 Å². The van der Waals surface area contributed by atoms with Gasteiger partial charge in [0.15, 0.2) is 5.13 Å². The van der Waals surface area contributed by atoms with Gasteiger partial charge in [-0.2, -0.15) is 0 Å². The number of hydrogen-bond acceptors (Lipinski definition) is 6. The molecule has 1 aliphatic rings. The Morgan fingerprint density at radius 1 is 1.16 bits per heavy atom. The van der Waals surface area contributed by atoms with Crippen LogP contribution in [0.15, 0.2) is 52.5 Å². The van der Waals surface area contributed by atoms with Gasteiger partial charge in [-0.1, -0.05) is 18.2 Å². The first-order valence-electron chi connectivity index (χ1n) is 10.4. The summed E-state index contributed by atoms with van der Waals surface area (Å²) >= 11 is 1.25. The molecule has 2 N–H and O–H groups in total. The number of carbonyl (C=O) groups is 3. The normalized spacial score (nSPS) is 12.9. The van der Waals surface area contributed by atoms with E-state index in [9.17, 15) is 14.4 Å². The third kappa shape index (κ3) is 5.61. The summed E-state index contributed by atoms with van der Waals surface area (Å²) in [6.45, 7) is 2.17. The van der Waals surface area contributed by atoms with Crippen LogP contribution in [-0.4, -0.2) is 40.2 Å². The molecule has 32 heavy (non-hydrogen) atoms. The van der Waals surface area contributed by atoms with Gasteiger partial charge in [0, 0.05) is 17.0 Å². The number of carbonyl (C=O) groups excluding carboxylic acids is 3. The molecule has 1 fully saturated rings. The molecule has 1 aliphatic carbocycles. The van der Waals surface area contributed by atoms with E-state index in [2.05, 4.69) is 15.6 Å². The van der Waals surface area contributed by atoms with Gasteiger partial charge in [0.05, 0.1) is 24.9 Å². The maximum Gasteiger partial charge on any atom is 0.254 e. The molecule has 0 atom stereocenters. The number of nitrogens with one attached hydrogen (secondary N) is 2. The third-order valence-electron chi connectivity index (χ3n) is 5.12. The average Bonchev–Trinajstić information content (AvgIpc) is 3.29. The molecule has 4 rings (SSSR count). The van der Waals surface area contributed by atoms with E-state index in [0.29, 0.717) is 28.7 Å². The van der Waals surface area contributed by atoms with Gasteiger partial charge < -0.3 is 20.0 Å².